The van der Waals surface area contributed by atoms with E-state index in [0.29, 0.717) is 11.3 Å². The van der Waals surface area contributed by atoms with Crippen molar-refractivity contribution in [1.82, 2.24) is 0 Å². The lowest BCUT2D eigenvalue weighted by Crippen LogP contribution is -2.22. The fraction of sp³-hybridized carbons (Fsp3) is 0.462. The Morgan fingerprint density at radius 1 is 1.41 bits per heavy atom. The molecule has 0 bridgehead atoms. The maximum atomic E-state index is 11.0. The highest BCUT2D eigenvalue weighted by Crippen LogP contribution is 2.35. The summed E-state index contributed by atoms with van der Waals surface area (Å²) in [4.78, 5) is 11.0. The molecule has 2 rings (SSSR count). The first-order valence-corrected chi connectivity index (χ1v) is 5.82. The summed E-state index contributed by atoms with van der Waals surface area (Å²) in [6.07, 6.45) is 4.28. The lowest BCUT2D eigenvalue weighted by atomic mass is 9.88. The molecule has 0 heterocycles. The van der Waals surface area contributed by atoms with Gasteiger partial charge in [0.15, 0.2) is 0 Å². The molecule has 17 heavy (non-hydrogen) atoms. The van der Waals surface area contributed by atoms with Crippen LogP contribution in [0.2, 0.25) is 0 Å². The summed E-state index contributed by atoms with van der Waals surface area (Å²) < 4.78 is 5.37. The molecule has 1 atom stereocenters. The highest BCUT2D eigenvalue weighted by atomic mass is 16.5. The fourth-order valence-corrected chi connectivity index (χ4v) is 2.43. The van der Waals surface area contributed by atoms with Crippen LogP contribution in [0.15, 0.2) is 12.1 Å². The molecule has 0 aliphatic heterocycles. The van der Waals surface area contributed by atoms with E-state index in [1.54, 1.807) is 13.2 Å². The summed E-state index contributed by atoms with van der Waals surface area (Å²) >= 11 is 0. The number of aliphatic carboxylic acids is 1. The van der Waals surface area contributed by atoms with E-state index in [1.807, 2.05) is 6.07 Å². The van der Waals surface area contributed by atoms with Crippen LogP contribution in [-0.4, -0.2) is 18.2 Å². The third-order valence-electron chi connectivity index (χ3n) is 3.32. The molecule has 0 spiro atoms. The summed E-state index contributed by atoms with van der Waals surface area (Å²) in [5.74, 6) is -0.365. The van der Waals surface area contributed by atoms with Crippen molar-refractivity contribution in [1.29, 1.82) is 0 Å². The van der Waals surface area contributed by atoms with E-state index in [-0.39, 0.29) is 0 Å². The van der Waals surface area contributed by atoms with Crippen molar-refractivity contribution < 1.29 is 14.6 Å². The number of ether oxygens (including phenoxy) is 1. The number of benzene rings is 1. The van der Waals surface area contributed by atoms with Gasteiger partial charge in [-0.2, -0.15) is 0 Å². The van der Waals surface area contributed by atoms with Gasteiger partial charge in [0, 0.05) is 5.56 Å². The lowest BCUT2D eigenvalue weighted by Gasteiger charge is -2.22. The number of nitrogens with two attached hydrogens (primary N) is 1. The summed E-state index contributed by atoms with van der Waals surface area (Å²) in [7, 11) is 1.57. The first-order chi connectivity index (χ1) is 8.15. The van der Waals surface area contributed by atoms with Crippen molar-refractivity contribution in [3.63, 3.8) is 0 Å². The molecule has 1 unspecified atom stereocenters. The highest BCUT2D eigenvalue weighted by Gasteiger charge is 2.23. The van der Waals surface area contributed by atoms with Gasteiger partial charge in [0.2, 0.25) is 0 Å². The van der Waals surface area contributed by atoms with E-state index < -0.39 is 12.0 Å². The Hall–Kier alpha value is -1.55. The Balaban J connectivity index is 2.50. The minimum Gasteiger partial charge on any atom is -0.496 e. The van der Waals surface area contributed by atoms with Crippen LogP contribution in [0.1, 0.15) is 35.6 Å². The van der Waals surface area contributed by atoms with Crippen molar-refractivity contribution in [2.75, 3.05) is 7.11 Å². The Labute approximate surface area is 100 Å². The van der Waals surface area contributed by atoms with Crippen LogP contribution in [0, 0.1) is 0 Å². The number of carbonyl (C=O) groups is 1. The van der Waals surface area contributed by atoms with Crippen LogP contribution in [0.5, 0.6) is 5.75 Å². The molecule has 1 aliphatic carbocycles. The predicted octanol–water partition coefficient (Wildman–Crippen LogP) is 1.66. The third-order valence-corrected chi connectivity index (χ3v) is 3.32. The normalized spacial score (nSPS) is 16.1. The Bertz CT molecular complexity index is 443. The summed E-state index contributed by atoms with van der Waals surface area (Å²) in [6, 6.07) is 2.74. The minimum absolute atomic E-state index is 0.570. The first kappa shape index (κ1) is 11.9. The van der Waals surface area contributed by atoms with Gasteiger partial charge in [-0.05, 0) is 36.8 Å². The van der Waals surface area contributed by atoms with Gasteiger partial charge in [-0.1, -0.05) is 12.1 Å². The van der Waals surface area contributed by atoms with Crippen LogP contribution in [0.4, 0.5) is 0 Å². The SMILES string of the molecule is COc1c(C(N)C(=O)O)ccc2c1CCCC2. The first-order valence-electron chi connectivity index (χ1n) is 5.82. The molecule has 4 heteroatoms. The fourth-order valence-electron chi connectivity index (χ4n) is 2.43. The average Bonchev–Trinajstić information content (AvgIpc) is 2.36. The quantitative estimate of drug-likeness (QED) is 0.835. The Morgan fingerprint density at radius 3 is 2.76 bits per heavy atom. The molecule has 1 aromatic carbocycles. The van der Waals surface area contributed by atoms with Crippen LogP contribution in [0.25, 0.3) is 0 Å². The third kappa shape index (κ3) is 2.13. The number of carboxylic acid groups (broad SMARTS) is 1. The number of hydrogen-bond donors (Lipinski definition) is 2. The molecule has 0 fully saturated rings. The molecule has 0 saturated carbocycles. The largest absolute Gasteiger partial charge is 0.496 e. The number of carboxylic acids is 1. The van der Waals surface area contributed by atoms with Crippen LogP contribution in [0.3, 0.4) is 0 Å². The zero-order valence-corrected chi connectivity index (χ0v) is 9.90. The van der Waals surface area contributed by atoms with Crippen LogP contribution >= 0.6 is 0 Å². The van der Waals surface area contributed by atoms with Crippen LogP contribution < -0.4 is 10.5 Å². The molecule has 0 radical (unpaired) electrons. The van der Waals surface area contributed by atoms with E-state index in [1.165, 1.54) is 12.0 Å². The number of fused-ring (bicyclic) bond motifs is 1. The Kier molecular flexibility index (Phi) is 3.33. The molecular weight excluding hydrogens is 218 g/mol. The predicted molar refractivity (Wildman–Crippen MR) is 64.2 cm³/mol. The van der Waals surface area contributed by atoms with Crippen molar-refractivity contribution >= 4 is 5.97 Å². The summed E-state index contributed by atoms with van der Waals surface area (Å²) in [6.45, 7) is 0. The average molecular weight is 235 g/mol. The molecular formula is C13H17NO3. The van der Waals surface area contributed by atoms with Gasteiger partial charge in [0.05, 0.1) is 7.11 Å². The lowest BCUT2D eigenvalue weighted by molar-refractivity contribution is -0.138. The number of aryl methyl sites for hydroxylation is 1. The standard InChI is InChI=1S/C13H17NO3/c1-17-12-9-5-3-2-4-8(9)6-7-10(12)11(14)13(15)16/h6-7,11H,2-5,14H2,1H3,(H,15,16). The van der Waals surface area contributed by atoms with Crippen molar-refractivity contribution in [3.05, 3.63) is 28.8 Å². The number of hydrogen-bond acceptors (Lipinski definition) is 3. The monoisotopic (exact) mass is 235 g/mol. The zero-order valence-electron chi connectivity index (χ0n) is 9.90. The molecule has 1 aromatic rings. The molecule has 0 amide bonds. The van der Waals surface area contributed by atoms with E-state index in [2.05, 4.69) is 0 Å². The van der Waals surface area contributed by atoms with E-state index in [9.17, 15) is 4.79 Å². The van der Waals surface area contributed by atoms with Gasteiger partial charge < -0.3 is 15.6 Å². The summed E-state index contributed by atoms with van der Waals surface area (Å²) in [5, 5.41) is 8.98. The van der Waals surface area contributed by atoms with Crippen molar-refractivity contribution in [3.8, 4) is 5.75 Å². The zero-order chi connectivity index (χ0) is 12.4. The van der Waals surface area contributed by atoms with E-state index >= 15 is 0 Å². The van der Waals surface area contributed by atoms with Crippen molar-refractivity contribution in [2.45, 2.75) is 31.7 Å². The minimum atomic E-state index is -1.03. The molecule has 0 aromatic heterocycles. The molecule has 0 saturated heterocycles. The molecule has 92 valence electrons. The van der Waals surface area contributed by atoms with E-state index in [0.717, 1.165) is 24.8 Å². The number of methoxy groups -OCH3 is 1. The second kappa shape index (κ2) is 4.75. The Morgan fingerprint density at radius 2 is 2.12 bits per heavy atom. The molecule has 3 N–H and O–H groups in total. The second-order valence-electron chi connectivity index (χ2n) is 4.35. The topological polar surface area (TPSA) is 72.5 Å². The van der Waals surface area contributed by atoms with Gasteiger partial charge in [0.25, 0.3) is 0 Å². The number of rotatable bonds is 3. The highest BCUT2D eigenvalue weighted by molar-refractivity contribution is 5.77. The van der Waals surface area contributed by atoms with Crippen LogP contribution in [-0.2, 0) is 17.6 Å². The van der Waals surface area contributed by atoms with Gasteiger partial charge >= 0.3 is 5.97 Å². The second-order valence-corrected chi connectivity index (χ2v) is 4.35. The maximum Gasteiger partial charge on any atom is 0.325 e. The smallest absolute Gasteiger partial charge is 0.325 e. The molecule has 1 aliphatic rings. The van der Waals surface area contributed by atoms with Gasteiger partial charge in [-0.3, -0.25) is 4.79 Å². The van der Waals surface area contributed by atoms with E-state index in [4.69, 9.17) is 15.6 Å². The summed E-state index contributed by atoms with van der Waals surface area (Å²) in [5.41, 5.74) is 8.63. The van der Waals surface area contributed by atoms with Gasteiger partial charge in [-0.25, -0.2) is 0 Å². The maximum absolute atomic E-state index is 11.0. The van der Waals surface area contributed by atoms with Crippen molar-refractivity contribution in [2.24, 2.45) is 5.73 Å². The van der Waals surface area contributed by atoms with Gasteiger partial charge in [-0.15, -0.1) is 0 Å². The molecule has 4 nitrogen and oxygen atoms in total. The van der Waals surface area contributed by atoms with Gasteiger partial charge in [0.1, 0.15) is 11.8 Å².